The second-order valence-corrected chi connectivity index (χ2v) is 2.07. The van der Waals surface area contributed by atoms with Gasteiger partial charge in [-0.2, -0.15) is 8.42 Å². The van der Waals surface area contributed by atoms with Crippen LogP contribution in [0.2, 0.25) is 0 Å². The van der Waals surface area contributed by atoms with Gasteiger partial charge in [-0.3, -0.25) is 9.11 Å². The fourth-order valence-corrected chi connectivity index (χ4v) is 0. The minimum absolute atomic E-state index is 0. The van der Waals surface area contributed by atoms with Gasteiger partial charge in [-0.15, -0.1) is 0 Å². The van der Waals surface area contributed by atoms with Gasteiger partial charge in [-0.1, -0.05) is 0 Å². The van der Waals surface area contributed by atoms with Crippen LogP contribution < -0.4 is 0 Å². The van der Waals surface area contributed by atoms with Crippen molar-refractivity contribution in [2.45, 2.75) is 0 Å². The van der Waals surface area contributed by atoms with Crippen molar-refractivity contribution in [2.75, 3.05) is 0 Å². The number of hydrogen-bond donors (Lipinski definition) is 2. The van der Waals surface area contributed by atoms with Gasteiger partial charge in [0.2, 0.25) is 0 Å². The van der Waals surface area contributed by atoms with Gasteiger partial charge in [0.25, 0.3) is 0 Å². The summed E-state index contributed by atoms with van der Waals surface area (Å²) in [4.78, 5) is 0. The van der Waals surface area contributed by atoms with E-state index in [2.05, 4.69) is 0 Å². The van der Waals surface area contributed by atoms with Crippen molar-refractivity contribution in [2.24, 2.45) is 0 Å². The van der Waals surface area contributed by atoms with Crippen molar-refractivity contribution in [3.63, 3.8) is 0 Å². The van der Waals surface area contributed by atoms with Crippen LogP contribution in [-0.2, 0) is 32.8 Å². The third-order valence-corrected chi connectivity index (χ3v) is 0. The molecule has 0 aromatic heterocycles. The van der Waals surface area contributed by atoms with E-state index in [1.54, 1.807) is 0 Å². The van der Waals surface area contributed by atoms with Crippen LogP contribution in [0.4, 0.5) is 0 Å². The molecule has 0 aromatic carbocycles. The number of rotatable bonds is 0. The maximum atomic E-state index is 8.74. The van der Waals surface area contributed by atoms with Crippen LogP contribution in [0, 0.1) is 0 Å². The van der Waals surface area contributed by atoms with Gasteiger partial charge in [0.05, 0.1) is 0 Å². The maximum absolute atomic E-state index is 8.74. The summed E-state index contributed by atoms with van der Waals surface area (Å²) < 4.78 is 48.7. The Morgan fingerprint density at radius 2 is 1.11 bits per heavy atom. The molecule has 0 amide bonds. The van der Waals surface area contributed by atoms with Crippen molar-refractivity contribution in [1.82, 2.24) is 0 Å². The van der Waals surface area contributed by atoms with Gasteiger partial charge in [-0.05, 0) is 0 Å². The summed E-state index contributed by atoms with van der Waals surface area (Å²) in [6, 6.07) is 0. The first kappa shape index (κ1) is 16.5. The predicted molar refractivity (Wildman–Crippen MR) is 21.3 cm³/mol. The SMILES string of the molecule is O=S(=O)(O)O.[Cu].[O]=[Pb]=[O]. The quantitative estimate of drug-likeness (QED) is 0.387. The number of hydrogen-bond acceptors (Lipinski definition) is 4. The predicted octanol–water partition coefficient (Wildman–Crippen LogP) is -1.27. The zero-order valence-corrected chi connectivity index (χ0v) is 9.38. The molecule has 0 saturated heterocycles. The fraction of sp³-hybridized carbons (Fsp3) is 0. The standard InChI is InChI=1S/Cu.H2O4S.2O.Pb/c;1-5(2,3)4;;;/h;(H2,1,2,3,4);;;. The van der Waals surface area contributed by atoms with E-state index in [4.69, 9.17) is 22.9 Å². The second kappa shape index (κ2) is 8.91. The van der Waals surface area contributed by atoms with Crippen molar-refractivity contribution in [3.8, 4) is 0 Å². The van der Waals surface area contributed by atoms with Crippen LogP contribution in [0.1, 0.15) is 0 Å². The summed E-state index contributed by atoms with van der Waals surface area (Å²) in [6.45, 7) is 0. The van der Waals surface area contributed by atoms with Gasteiger partial charge in [0.15, 0.2) is 0 Å². The van der Waals surface area contributed by atoms with Gasteiger partial charge >= 0.3 is 40.0 Å². The molecule has 0 heterocycles. The summed E-state index contributed by atoms with van der Waals surface area (Å²) in [5.74, 6) is 0. The molecule has 0 aliphatic heterocycles. The van der Waals surface area contributed by atoms with E-state index in [9.17, 15) is 0 Å². The summed E-state index contributed by atoms with van der Waals surface area (Å²) in [5, 5.41) is 0. The Morgan fingerprint density at radius 1 is 1.11 bits per heavy atom. The van der Waals surface area contributed by atoms with E-state index < -0.39 is 34.7 Å². The Bertz CT molecular complexity index is 153. The molecule has 1 radical (unpaired) electrons. The summed E-state index contributed by atoms with van der Waals surface area (Å²) >= 11 is -2.42. The molecule has 0 atom stereocenters. The fourth-order valence-electron chi connectivity index (χ4n) is 0. The molecule has 0 bridgehead atoms. The van der Waals surface area contributed by atoms with E-state index in [1.165, 1.54) is 0 Å². The molecule has 0 fully saturated rings. The first-order valence-electron chi connectivity index (χ1n) is 1.11. The van der Waals surface area contributed by atoms with Crippen LogP contribution in [0.3, 0.4) is 0 Å². The first-order valence-corrected chi connectivity index (χ1v) is 5.68. The average molecular weight is 401 g/mol. The Labute approximate surface area is 74.2 Å². The molecule has 59 valence electrons. The molecule has 6 nitrogen and oxygen atoms in total. The topological polar surface area (TPSA) is 109 Å². The van der Waals surface area contributed by atoms with Gasteiger partial charge in [-0.25, -0.2) is 0 Å². The van der Waals surface area contributed by atoms with E-state index >= 15 is 0 Å². The minimum atomic E-state index is -4.67. The van der Waals surface area contributed by atoms with Gasteiger partial charge < -0.3 is 0 Å². The monoisotopic (exact) mass is 401 g/mol. The molecule has 0 unspecified atom stereocenters. The molecule has 2 N–H and O–H groups in total. The Balaban J connectivity index is -0.0000000800. The molecule has 0 spiro atoms. The summed E-state index contributed by atoms with van der Waals surface area (Å²) in [6.07, 6.45) is 0. The van der Waals surface area contributed by atoms with Crippen LogP contribution in [-0.4, -0.2) is 41.8 Å². The van der Waals surface area contributed by atoms with E-state index in [0.29, 0.717) is 0 Å². The molecule has 0 aliphatic rings. The van der Waals surface area contributed by atoms with Crippen molar-refractivity contribution in [3.05, 3.63) is 0 Å². The van der Waals surface area contributed by atoms with Crippen LogP contribution in [0.5, 0.6) is 0 Å². The van der Waals surface area contributed by atoms with Crippen LogP contribution in [0.15, 0.2) is 0 Å². The molecule has 0 aliphatic carbocycles. The summed E-state index contributed by atoms with van der Waals surface area (Å²) in [7, 11) is -4.67. The van der Waals surface area contributed by atoms with E-state index in [1.807, 2.05) is 0 Å². The van der Waals surface area contributed by atoms with Gasteiger partial charge in [0, 0.05) is 17.1 Å². The van der Waals surface area contributed by atoms with Gasteiger partial charge in [0.1, 0.15) is 0 Å². The third kappa shape index (κ3) is 512. The summed E-state index contributed by atoms with van der Waals surface area (Å²) in [5.41, 5.74) is 0. The molecular weight excluding hydrogens is 399 g/mol. The first-order chi connectivity index (χ1) is 3.41. The van der Waals surface area contributed by atoms with Crippen molar-refractivity contribution < 1.29 is 40.0 Å². The Morgan fingerprint density at radius 3 is 1.11 bits per heavy atom. The zero-order valence-electron chi connectivity index (χ0n) is 3.74. The Kier molecular flexibility index (Phi) is 16.3. The zero-order chi connectivity index (χ0) is 7.21. The van der Waals surface area contributed by atoms with Crippen molar-refractivity contribution >= 4 is 34.7 Å². The molecule has 0 saturated carbocycles. The van der Waals surface area contributed by atoms with E-state index in [-0.39, 0.29) is 17.1 Å². The average Bonchev–Trinajstić information content (AvgIpc) is 1.27. The molecule has 0 aromatic rings. The molecule has 9 heteroatoms. The normalized spacial score (nSPS) is 7.33. The third-order valence-electron chi connectivity index (χ3n) is 0. The molecule has 0 rings (SSSR count). The van der Waals surface area contributed by atoms with E-state index in [0.717, 1.165) is 0 Å². The molecular formula is H2CuO6PbS. The Hall–Kier alpha value is 0.912. The molecule has 9 heavy (non-hydrogen) atoms. The second-order valence-electron chi connectivity index (χ2n) is 0.531. The van der Waals surface area contributed by atoms with Crippen LogP contribution in [0.25, 0.3) is 0 Å². The van der Waals surface area contributed by atoms with Crippen LogP contribution >= 0.6 is 0 Å². The van der Waals surface area contributed by atoms with Crippen molar-refractivity contribution in [1.29, 1.82) is 0 Å².